The van der Waals surface area contributed by atoms with Gasteiger partial charge in [0.25, 0.3) is 0 Å². The Labute approximate surface area is 151 Å². The molecule has 2 aromatic carbocycles. The van der Waals surface area contributed by atoms with Crippen LogP contribution >= 0.6 is 0 Å². The van der Waals surface area contributed by atoms with Gasteiger partial charge in [-0.1, -0.05) is 30.3 Å². The number of benzene rings is 2. The molecule has 3 nitrogen and oxygen atoms in total. The standard InChI is InChI=1S/C23H20O3/c1-14-17-12-19-16-9-5-6-10-20(16)25-22(19)13-21(17)26-23(24)18(14)11-15-7-3-2-4-8-15/h2-4,7-8,12-13H,5-6,9-11H2,1H3. The molecule has 0 saturated carbocycles. The van der Waals surface area contributed by atoms with Crippen molar-refractivity contribution in [3.8, 4) is 0 Å². The van der Waals surface area contributed by atoms with E-state index in [1.165, 1.54) is 23.8 Å². The molecule has 26 heavy (non-hydrogen) atoms. The average molecular weight is 344 g/mol. The molecule has 2 aromatic heterocycles. The molecular weight excluding hydrogens is 324 g/mol. The van der Waals surface area contributed by atoms with Gasteiger partial charge in [-0.3, -0.25) is 0 Å². The lowest BCUT2D eigenvalue weighted by Gasteiger charge is -2.10. The Kier molecular flexibility index (Phi) is 3.49. The second kappa shape index (κ2) is 5.87. The predicted octanol–water partition coefficient (Wildman–Crippen LogP) is 5.32. The first-order valence-electron chi connectivity index (χ1n) is 9.25. The lowest BCUT2D eigenvalue weighted by molar-refractivity contribution is 0.505. The first-order chi connectivity index (χ1) is 12.7. The van der Waals surface area contributed by atoms with E-state index in [0.717, 1.165) is 46.3 Å². The molecule has 4 aromatic rings. The quantitative estimate of drug-likeness (QED) is 0.462. The summed E-state index contributed by atoms with van der Waals surface area (Å²) >= 11 is 0. The van der Waals surface area contributed by atoms with Crippen LogP contribution in [0.5, 0.6) is 0 Å². The van der Waals surface area contributed by atoms with E-state index in [-0.39, 0.29) is 5.63 Å². The van der Waals surface area contributed by atoms with Crippen LogP contribution in [-0.4, -0.2) is 0 Å². The zero-order chi connectivity index (χ0) is 17.7. The molecule has 1 aliphatic rings. The van der Waals surface area contributed by atoms with Gasteiger partial charge >= 0.3 is 5.63 Å². The van der Waals surface area contributed by atoms with Gasteiger partial charge in [0.2, 0.25) is 0 Å². The van der Waals surface area contributed by atoms with Gasteiger partial charge in [0.1, 0.15) is 16.9 Å². The summed E-state index contributed by atoms with van der Waals surface area (Å²) in [4.78, 5) is 12.6. The summed E-state index contributed by atoms with van der Waals surface area (Å²) in [5.41, 5.74) is 5.39. The van der Waals surface area contributed by atoms with Crippen LogP contribution in [0, 0.1) is 6.92 Å². The third-order valence-electron chi connectivity index (χ3n) is 5.59. The lowest BCUT2D eigenvalue weighted by atomic mass is 9.94. The minimum Gasteiger partial charge on any atom is -0.461 e. The highest BCUT2D eigenvalue weighted by atomic mass is 16.4. The SMILES string of the molecule is Cc1c(Cc2ccccc2)c(=O)oc2cc3oc4c(c3cc12)CCCC4. The maximum Gasteiger partial charge on any atom is 0.340 e. The van der Waals surface area contributed by atoms with Crippen LogP contribution in [0.25, 0.3) is 21.9 Å². The predicted molar refractivity (Wildman–Crippen MR) is 103 cm³/mol. The van der Waals surface area contributed by atoms with Gasteiger partial charge in [0.05, 0.1) is 0 Å². The highest BCUT2D eigenvalue weighted by Crippen LogP contribution is 2.35. The molecule has 0 fully saturated rings. The lowest BCUT2D eigenvalue weighted by Crippen LogP contribution is -2.10. The molecule has 0 atom stereocenters. The maximum absolute atomic E-state index is 12.6. The summed E-state index contributed by atoms with van der Waals surface area (Å²) in [6, 6.07) is 14.1. The number of fused-ring (bicyclic) bond motifs is 4. The highest BCUT2D eigenvalue weighted by Gasteiger charge is 2.20. The molecule has 0 bridgehead atoms. The molecule has 0 aliphatic heterocycles. The largest absolute Gasteiger partial charge is 0.461 e. The second-order valence-electron chi connectivity index (χ2n) is 7.21. The van der Waals surface area contributed by atoms with Gasteiger partial charge in [-0.05, 0) is 43.4 Å². The molecule has 130 valence electrons. The zero-order valence-corrected chi connectivity index (χ0v) is 14.8. The Morgan fingerprint density at radius 2 is 1.69 bits per heavy atom. The van der Waals surface area contributed by atoms with Crippen molar-refractivity contribution in [2.75, 3.05) is 0 Å². The first-order valence-corrected chi connectivity index (χ1v) is 9.25. The Morgan fingerprint density at radius 1 is 0.923 bits per heavy atom. The summed E-state index contributed by atoms with van der Waals surface area (Å²) in [6.07, 6.45) is 5.05. The van der Waals surface area contributed by atoms with Crippen molar-refractivity contribution in [1.29, 1.82) is 0 Å². The Morgan fingerprint density at radius 3 is 2.54 bits per heavy atom. The van der Waals surface area contributed by atoms with Crippen molar-refractivity contribution in [1.82, 2.24) is 0 Å². The first kappa shape index (κ1) is 15.4. The van der Waals surface area contributed by atoms with Crippen molar-refractivity contribution in [3.05, 3.63) is 80.9 Å². The van der Waals surface area contributed by atoms with Gasteiger partial charge in [0.15, 0.2) is 0 Å². The molecule has 0 unspecified atom stereocenters. The monoisotopic (exact) mass is 344 g/mol. The summed E-state index contributed by atoms with van der Waals surface area (Å²) in [5.74, 6) is 1.10. The molecule has 0 saturated heterocycles. The number of furan rings is 1. The van der Waals surface area contributed by atoms with Gasteiger partial charge in [-0.25, -0.2) is 4.79 Å². The van der Waals surface area contributed by atoms with Gasteiger partial charge < -0.3 is 8.83 Å². The van der Waals surface area contributed by atoms with E-state index in [4.69, 9.17) is 8.83 Å². The Bertz CT molecular complexity index is 1180. The van der Waals surface area contributed by atoms with Gasteiger partial charge in [-0.15, -0.1) is 0 Å². The summed E-state index contributed by atoms with van der Waals surface area (Å²) in [7, 11) is 0. The molecule has 1 aliphatic carbocycles. The van der Waals surface area contributed by atoms with E-state index < -0.39 is 0 Å². The van der Waals surface area contributed by atoms with Crippen LogP contribution in [0.2, 0.25) is 0 Å². The van der Waals surface area contributed by atoms with Gasteiger partial charge in [-0.2, -0.15) is 0 Å². The Balaban J connectivity index is 1.73. The van der Waals surface area contributed by atoms with E-state index in [0.29, 0.717) is 12.0 Å². The number of aryl methyl sites for hydroxylation is 3. The minimum absolute atomic E-state index is 0.255. The van der Waals surface area contributed by atoms with E-state index >= 15 is 0 Å². The molecule has 3 heteroatoms. The highest BCUT2D eigenvalue weighted by molar-refractivity contribution is 5.97. The topological polar surface area (TPSA) is 43.4 Å². The van der Waals surface area contributed by atoms with Crippen molar-refractivity contribution >= 4 is 21.9 Å². The third kappa shape index (κ3) is 2.38. The molecule has 0 amide bonds. The molecule has 0 spiro atoms. The fraction of sp³-hybridized carbons (Fsp3) is 0.261. The summed E-state index contributed by atoms with van der Waals surface area (Å²) < 4.78 is 11.7. The van der Waals surface area contributed by atoms with Crippen LogP contribution in [0.4, 0.5) is 0 Å². The molecule has 0 radical (unpaired) electrons. The zero-order valence-electron chi connectivity index (χ0n) is 14.8. The van der Waals surface area contributed by atoms with Crippen LogP contribution < -0.4 is 5.63 Å². The minimum atomic E-state index is -0.255. The Hall–Kier alpha value is -2.81. The summed E-state index contributed by atoms with van der Waals surface area (Å²) in [5, 5.41) is 2.19. The normalized spacial score (nSPS) is 14.0. The molecule has 0 N–H and O–H groups in total. The molecular formula is C23H20O3. The fourth-order valence-corrected chi connectivity index (χ4v) is 4.15. The van der Waals surface area contributed by atoms with Gasteiger partial charge in [0, 0.05) is 40.8 Å². The van der Waals surface area contributed by atoms with E-state index in [2.05, 4.69) is 6.07 Å². The average Bonchev–Trinajstić information content (AvgIpc) is 3.02. The molecule has 5 rings (SSSR count). The van der Waals surface area contributed by atoms with Crippen molar-refractivity contribution in [2.45, 2.75) is 39.0 Å². The van der Waals surface area contributed by atoms with Crippen LogP contribution in [0.1, 0.15) is 40.9 Å². The van der Waals surface area contributed by atoms with Crippen molar-refractivity contribution in [2.24, 2.45) is 0 Å². The van der Waals surface area contributed by atoms with E-state index in [9.17, 15) is 4.79 Å². The smallest absolute Gasteiger partial charge is 0.340 e. The van der Waals surface area contributed by atoms with E-state index in [1.807, 2.05) is 43.3 Å². The maximum atomic E-state index is 12.6. The van der Waals surface area contributed by atoms with Crippen LogP contribution in [-0.2, 0) is 19.3 Å². The summed E-state index contributed by atoms with van der Waals surface area (Å²) in [6.45, 7) is 2.02. The van der Waals surface area contributed by atoms with Crippen LogP contribution in [0.15, 0.2) is 56.1 Å². The van der Waals surface area contributed by atoms with Crippen molar-refractivity contribution < 1.29 is 8.83 Å². The van der Waals surface area contributed by atoms with Crippen LogP contribution in [0.3, 0.4) is 0 Å². The fourth-order valence-electron chi connectivity index (χ4n) is 4.15. The number of hydrogen-bond acceptors (Lipinski definition) is 3. The second-order valence-corrected chi connectivity index (χ2v) is 7.21. The van der Waals surface area contributed by atoms with Crippen molar-refractivity contribution in [3.63, 3.8) is 0 Å². The van der Waals surface area contributed by atoms with E-state index in [1.54, 1.807) is 0 Å². The number of rotatable bonds is 2. The third-order valence-corrected chi connectivity index (χ3v) is 5.59. The molecule has 2 heterocycles. The number of hydrogen-bond donors (Lipinski definition) is 0.